The zero-order valence-corrected chi connectivity index (χ0v) is 11.6. The van der Waals surface area contributed by atoms with Gasteiger partial charge in [-0.05, 0) is 38.1 Å². The first kappa shape index (κ1) is 16.0. The van der Waals surface area contributed by atoms with Gasteiger partial charge in [0.2, 0.25) is 0 Å². The Hall–Kier alpha value is -1.96. The van der Waals surface area contributed by atoms with Gasteiger partial charge in [0.05, 0.1) is 0 Å². The lowest BCUT2D eigenvalue weighted by atomic mass is 10.2. The molecule has 0 aromatic heterocycles. The summed E-state index contributed by atoms with van der Waals surface area (Å²) in [4.78, 5) is 0. The van der Waals surface area contributed by atoms with Gasteiger partial charge < -0.3 is 10.8 Å². The van der Waals surface area contributed by atoms with Crippen molar-refractivity contribution in [3.63, 3.8) is 0 Å². The van der Waals surface area contributed by atoms with Crippen molar-refractivity contribution in [3.8, 4) is 5.75 Å². The number of benzene rings is 2. The number of phenols is 1. The van der Waals surface area contributed by atoms with Crippen LogP contribution in [0.3, 0.4) is 0 Å². The van der Waals surface area contributed by atoms with E-state index in [0.29, 0.717) is 5.69 Å². The lowest BCUT2D eigenvalue weighted by Crippen LogP contribution is -1.80. The molecule has 0 aliphatic rings. The molecule has 0 bridgehead atoms. The van der Waals surface area contributed by atoms with Crippen molar-refractivity contribution in [3.05, 3.63) is 59.7 Å². The maximum atomic E-state index is 8.70. The van der Waals surface area contributed by atoms with E-state index in [1.165, 1.54) is 11.1 Å². The number of hydrogen-bond acceptors (Lipinski definition) is 2. The molecule has 2 aromatic carbocycles. The molecule has 0 fully saturated rings. The van der Waals surface area contributed by atoms with Crippen LogP contribution in [0.2, 0.25) is 0 Å². The molecule has 0 atom stereocenters. The number of nitrogens with two attached hydrogens (primary N) is 1. The first-order valence-electron chi connectivity index (χ1n) is 6.16. The molecule has 2 rings (SSSR count). The number of nitrogen functional groups attached to an aromatic ring is 1. The lowest BCUT2D eigenvalue weighted by Gasteiger charge is -1.90. The van der Waals surface area contributed by atoms with Crippen LogP contribution in [0, 0.1) is 13.8 Å². The first-order valence-corrected chi connectivity index (χ1v) is 6.16. The topological polar surface area (TPSA) is 46.2 Å². The second kappa shape index (κ2) is 9.11. The van der Waals surface area contributed by atoms with Crippen molar-refractivity contribution in [1.82, 2.24) is 0 Å². The Morgan fingerprint density at radius 1 is 0.722 bits per heavy atom. The van der Waals surface area contributed by atoms with Crippen molar-refractivity contribution in [2.75, 3.05) is 5.73 Å². The van der Waals surface area contributed by atoms with Crippen molar-refractivity contribution in [2.24, 2.45) is 0 Å². The van der Waals surface area contributed by atoms with Gasteiger partial charge >= 0.3 is 0 Å². The monoisotopic (exact) mass is 245 g/mol. The van der Waals surface area contributed by atoms with Crippen molar-refractivity contribution in [2.45, 2.75) is 27.7 Å². The molecular weight excluding hydrogens is 222 g/mol. The predicted octanol–water partition coefficient (Wildman–Crippen LogP) is 4.30. The third-order valence-electron chi connectivity index (χ3n) is 2.11. The van der Waals surface area contributed by atoms with E-state index in [4.69, 9.17) is 10.8 Å². The van der Waals surface area contributed by atoms with Gasteiger partial charge in [-0.1, -0.05) is 49.2 Å². The van der Waals surface area contributed by atoms with Gasteiger partial charge in [0.25, 0.3) is 0 Å². The van der Waals surface area contributed by atoms with E-state index in [9.17, 15) is 0 Å². The Morgan fingerprint density at radius 2 is 1.06 bits per heavy atom. The van der Waals surface area contributed by atoms with Crippen molar-refractivity contribution in [1.29, 1.82) is 0 Å². The van der Waals surface area contributed by atoms with E-state index in [1.807, 2.05) is 13.8 Å². The predicted molar refractivity (Wildman–Crippen MR) is 79.8 cm³/mol. The highest BCUT2D eigenvalue weighted by molar-refractivity contribution is 5.40. The summed E-state index contributed by atoms with van der Waals surface area (Å²) in [6.07, 6.45) is 0. The summed E-state index contributed by atoms with van der Waals surface area (Å²) in [7, 11) is 0. The largest absolute Gasteiger partial charge is 0.508 e. The van der Waals surface area contributed by atoms with E-state index in [0.717, 1.165) is 0 Å². The molecule has 0 radical (unpaired) electrons. The molecule has 0 aliphatic heterocycles. The van der Waals surface area contributed by atoms with Crippen LogP contribution in [0.15, 0.2) is 48.5 Å². The fourth-order valence-corrected chi connectivity index (χ4v) is 1.11. The van der Waals surface area contributed by atoms with Gasteiger partial charge in [-0.25, -0.2) is 0 Å². The van der Waals surface area contributed by atoms with Gasteiger partial charge in [-0.15, -0.1) is 0 Å². The summed E-state index contributed by atoms with van der Waals surface area (Å²) >= 11 is 0. The summed E-state index contributed by atoms with van der Waals surface area (Å²) in [5, 5.41) is 8.70. The summed E-state index contributed by atoms with van der Waals surface area (Å²) in [6, 6.07) is 14.9. The smallest absolute Gasteiger partial charge is 0.115 e. The van der Waals surface area contributed by atoms with Crippen LogP contribution in [-0.4, -0.2) is 5.11 Å². The molecule has 0 aliphatic carbocycles. The molecule has 98 valence electrons. The second-order valence-electron chi connectivity index (χ2n) is 3.75. The van der Waals surface area contributed by atoms with E-state index < -0.39 is 0 Å². The van der Waals surface area contributed by atoms with E-state index >= 15 is 0 Å². The van der Waals surface area contributed by atoms with Gasteiger partial charge in [-0.3, -0.25) is 0 Å². The van der Waals surface area contributed by atoms with Crippen molar-refractivity contribution >= 4 is 5.69 Å². The Labute approximate surface area is 110 Å². The molecule has 3 N–H and O–H groups in total. The van der Waals surface area contributed by atoms with Crippen LogP contribution in [0.4, 0.5) is 5.69 Å². The molecule has 0 spiro atoms. The zero-order valence-electron chi connectivity index (χ0n) is 11.6. The number of phenolic OH excluding ortho intramolecular Hbond substituents is 1. The minimum absolute atomic E-state index is 0.249. The quantitative estimate of drug-likeness (QED) is 0.537. The average Bonchev–Trinajstić information content (AvgIpc) is 2.40. The van der Waals surface area contributed by atoms with E-state index in [-0.39, 0.29) is 5.75 Å². The minimum Gasteiger partial charge on any atom is -0.508 e. The van der Waals surface area contributed by atoms with Crippen molar-refractivity contribution < 1.29 is 5.11 Å². The van der Waals surface area contributed by atoms with Gasteiger partial charge in [0.1, 0.15) is 5.75 Å². The zero-order chi connectivity index (χ0) is 14.0. The van der Waals surface area contributed by atoms with Crippen LogP contribution in [0.1, 0.15) is 25.0 Å². The molecule has 18 heavy (non-hydrogen) atoms. The van der Waals surface area contributed by atoms with Crippen LogP contribution in [0.5, 0.6) is 5.75 Å². The number of aromatic hydroxyl groups is 1. The molecule has 0 amide bonds. The Kier molecular flexibility index (Phi) is 8.12. The molecule has 0 heterocycles. The lowest BCUT2D eigenvalue weighted by molar-refractivity contribution is 0.475. The van der Waals surface area contributed by atoms with Gasteiger partial charge in [0.15, 0.2) is 0 Å². The van der Waals surface area contributed by atoms with E-state index in [1.54, 1.807) is 24.3 Å². The SMILES string of the molecule is CC.Cc1ccc(C)cc1.Nc1ccc(O)cc1. The Morgan fingerprint density at radius 3 is 1.33 bits per heavy atom. The Bertz CT molecular complexity index is 332. The third kappa shape index (κ3) is 7.34. The van der Waals surface area contributed by atoms with Crippen LogP contribution >= 0.6 is 0 Å². The van der Waals surface area contributed by atoms with Crippen LogP contribution < -0.4 is 5.73 Å². The normalized spacial score (nSPS) is 8.44. The molecular formula is C16H23NO. The summed E-state index contributed by atoms with van der Waals surface area (Å²) in [5.74, 6) is 0.249. The average molecular weight is 245 g/mol. The van der Waals surface area contributed by atoms with Crippen LogP contribution in [-0.2, 0) is 0 Å². The highest BCUT2D eigenvalue weighted by Gasteiger charge is 1.82. The maximum absolute atomic E-state index is 8.70. The number of anilines is 1. The van der Waals surface area contributed by atoms with Crippen LogP contribution in [0.25, 0.3) is 0 Å². The molecule has 0 saturated carbocycles. The molecule has 2 nitrogen and oxygen atoms in total. The first-order chi connectivity index (χ1) is 8.58. The highest BCUT2D eigenvalue weighted by Crippen LogP contribution is 2.09. The van der Waals surface area contributed by atoms with Gasteiger partial charge in [0, 0.05) is 5.69 Å². The second-order valence-corrected chi connectivity index (χ2v) is 3.75. The highest BCUT2D eigenvalue weighted by atomic mass is 16.3. The number of rotatable bonds is 0. The molecule has 2 aromatic rings. The summed E-state index contributed by atoms with van der Waals surface area (Å²) in [5.41, 5.74) is 8.64. The fourth-order valence-electron chi connectivity index (χ4n) is 1.11. The fraction of sp³-hybridized carbons (Fsp3) is 0.250. The molecule has 0 unspecified atom stereocenters. The van der Waals surface area contributed by atoms with E-state index in [2.05, 4.69) is 38.1 Å². The van der Waals surface area contributed by atoms with Gasteiger partial charge in [-0.2, -0.15) is 0 Å². The molecule has 2 heteroatoms. The minimum atomic E-state index is 0.249. The summed E-state index contributed by atoms with van der Waals surface area (Å²) in [6.45, 7) is 8.19. The number of aryl methyl sites for hydroxylation is 2. The molecule has 0 saturated heterocycles. The standard InChI is InChI=1S/C8H10.C6H7NO.C2H6/c1-7-3-5-8(2)6-4-7;7-5-1-3-6(8)4-2-5;1-2/h3-6H,1-2H3;1-4,8H,7H2;1-2H3. The Balaban J connectivity index is 0.000000283. The third-order valence-corrected chi connectivity index (χ3v) is 2.11. The summed E-state index contributed by atoms with van der Waals surface area (Å²) < 4.78 is 0. The maximum Gasteiger partial charge on any atom is 0.115 e. The number of hydrogen-bond donors (Lipinski definition) is 2.